The zero-order valence-corrected chi connectivity index (χ0v) is 10.1. The number of aromatic carboxylic acids is 1. The van der Waals surface area contributed by atoms with Crippen LogP contribution in [0.3, 0.4) is 0 Å². The number of hydrogen-bond acceptors (Lipinski definition) is 3. The summed E-state index contributed by atoms with van der Waals surface area (Å²) in [4.78, 5) is 14.2. The monoisotopic (exact) mass is 257 g/mol. The Balaban J connectivity index is 2.34. The number of para-hydroxylation sites is 1. The number of rotatable bonds is 2. The molecule has 0 spiro atoms. The molecule has 2 aromatic heterocycles. The fourth-order valence-electron chi connectivity index (χ4n) is 2.25. The zero-order valence-electron chi connectivity index (χ0n) is 10.1. The Bertz CT molecular complexity index is 786. The molecule has 0 saturated heterocycles. The molecule has 0 radical (unpaired) electrons. The number of carboxylic acids is 1. The molecule has 0 amide bonds. The number of fused-ring (bicyclic) bond motifs is 1. The quantitative estimate of drug-likeness (QED) is 0.654. The average Bonchev–Trinajstić information content (AvgIpc) is 2.93. The van der Waals surface area contributed by atoms with Crippen molar-refractivity contribution in [3.63, 3.8) is 0 Å². The molecule has 0 aliphatic rings. The number of carbonyl (C=O) groups is 1. The summed E-state index contributed by atoms with van der Waals surface area (Å²) < 4.78 is 1.51. The van der Waals surface area contributed by atoms with Crippen molar-refractivity contribution in [1.29, 1.82) is 0 Å². The molecule has 0 saturated carbocycles. The van der Waals surface area contributed by atoms with Crippen LogP contribution in [0.5, 0.6) is 5.75 Å². The predicted molar refractivity (Wildman–Crippen MR) is 69.1 cm³/mol. The number of phenols is 1. The molecule has 19 heavy (non-hydrogen) atoms. The highest BCUT2D eigenvalue weighted by atomic mass is 16.4. The van der Waals surface area contributed by atoms with Crippen LogP contribution in [0.1, 0.15) is 10.4 Å². The van der Waals surface area contributed by atoms with Crippen LogP contribution >= 0.6 is 0 Å². The number of nitrogens with one attached hydrogen (secondary N) is 1. The van der Waals surface area contributed by atoms with Crippen molar-refractivity contribution in [2.45, 2.75) is 0 Å². The van der Waals surface area contributed by atoms with E-state index in [-0.39, 0.29) is 11.3 Å². The fraction of sp³-hybridized carbons (Fsp3) is 0.0769. The summed E-state index contributed by atoms with van der Waals surface area (Å²) in [5, 5.41) is 23.7. The van der Waals surface area contributed by atoms with Gasteiger partial charge < -0.3 is 15.2 Å². The third-order valence-corrected chi connectivity index (χ3v) is 3.12. The molecule has 0 unspecified atom stereocenters. The van der Waals surface area contributed by atoms with Crippen molar-refractivity contribution in [2.75, 3.05) is 0 Å². The van der Waals surface area contributed by atoms with Gasteiger partial charge in [-0.1, -0.05) is 12.1 Å². The van der Waals surface area contributed by atoms with E-state index < -0.39 is 5.97 Å². The van der Waals surface area contributed by atoms with Crippen LogP contribution in [-0.4, -0.2) is 30.9 Å². The van der Waals surface area contributed by atoms with Crippen LogP contribution in [0, 0.1) is 0 Å². The second-order valence-corrected chi connectivity index (χ2v) is 4.24. The third kappa shape index (κ3) is 1.57. The second-order valence-electron chi connectivity index (χ2n) is 4.24. The lowest BCUT2D eigenvalue weighted by Crippen LogP contribution is -2.00. The van der Waals surface area contributed by atoms with Gasteiger partial charge in [-0.05, 0) is 6.07 Å². The summed E-state index contributed by atoms with van der Waals surface area (Å²) in [7, 11) is 1.68. The highest BCUT2D eigenvalue weighted by Gasteiger charge is 2.20. The number of aromatic nitrogens is 3. The van der Waals surface area contributed by atoms with Crippen molar-refractivity contribution < 1.29 is 15.0 Å². The first-order chi connectivity index (χ1) is 9.09. The van der Waals surface area contributed by atoms with E-state index in [4.69, 9.17) is 0 Å². The maximum absolute atomic E-state index is 11.2. The van der Waals surface area contributed by atoms with E-state index in [1.165, 1.54) is 10.9 Å². The summed E-state index contributed by atoms with van der Waals surface area (Å²) in [6, 6.07) is 5.11. The topological polar surface area (TPSA) is 91.1 Å². The number of benzene rings is 1. The molecule has 0 fully saturated rings. The van der Waals surface area contributed by atoms with E-state index in [9.17, 15) is 15.0 Å². The molecular formula is C13H11N3O3. The molecule has 0 aliphatic carbocycles. The maximum atomic E-state index is 11.2. The van der Waals surface area contributed by atoms with Crippen LogP contribution in [-0.2, 0) is 7.05 Å². The van der Waals surface area contributed by atoms with Crippen LogP contribution < -0.4 is 0 Å². The predicted octanol–water partition coefficient (Wildman–Crippen LogP) is 1.97. The first-order valence-electron chi connectivity index (χ1n) is 5.64. The van der Waals surface area contributed by atoms with E-state index in [1.54, 1.807) is 25.4 Å². The SMILES string of the molecule is Cn1ncc(C(=O)O)c1-c1c[nH]c2c(O)cccc12. The Morgan fingerprint density at radius 1 is 1.42 bits per heavy atom. The number of aromatic hydroxyl groups is 1. The van der Waals surface area contributed by atoms with Gasteiger partial charge >= 0.3 is 5.97 Å². The molecule has 2 heterocycles. The van der Waals surface area contributed by atoms with Gasteiger partial charge in [-0.2, -0.15) is 5.10 Å². The number of carboxylic acid groups (broad SMARTS) is 1. The molecule has 6 heteroatoms. The molecule has 0 bridgehead atoms. The minimum absolute atomic E-state index is 0.128. The first-order valence-corrected chi connectivity index (χ1v) is 5.64. The lowest BCUT2D eigenvalue weighted by atomic mass is 10.1. The van der Waals surface area contributed by atoms with Gasteiger partial charge in [-0.25, -0.2) is 4.79 Å². The molecule has 3 N–H and O–H groups in total. The molecule has 0 atom stereocenters. The van der Waals surface area contributed by atoms with E-state index in [2.05, 4.69) is 10.1 Å². The van der Waals surface area contributed by atoms with Crippen LogP contribution in [0.4, 0.5) is 0 Å². The molecule has 6 nitrogen and oxygen atoms in total. The van der Waals surface area contributed by atoms with E-state index in [1.807, 2.05) is 6.07 Å². The number of H-pyrrole nitrogens is 1. The average molecular weight is 257 g/mol. The number of aryl methyl sites for hydroxylation is 1. The molecular weight excluding hydrogens is 246 g/mol. The molecule has 3 rings (SSSR count). The van der Waals surface area contributed by atoms with Crippen molar-refractivity contribution in [2.24, 2.45) is 7.05 Å². The van der Waals surface area contributed by atoms with Gasteiger partial charge in [0.1, 0.15) is 11.3 Å². The van der Waals surface area contributed by atoms with E-state index in [0.717, 1.165) is 5.39 Å². The summed E-state index contributed by atoms with van der Waals surface area (Å²) in [5.74, 6) is -0.902. The summed E-state index contributed by atoms with van der Waals surface area (Å²) in [5.41, 5.74) is 1.91. The lowest BCUT2D eigenvalue weighted by molar-refractivity contribution is 0.0697. The molecule has 0 aliphatic heterocycles. The summed E-state index contributed by atoms with van der Waals surface area (Å²) in [6.07, 6.45) is 2.99. The normalized spacial score (nSPS) is 11.0. The van der Waals surface area contributed by atoms with E-state index in [0.29, 0.717) is 16.8 Å². The van der Waals surface area contributed by atoms with E-state index >= 15 is 0 Å². The number of phenolic OH excluding ortho intramolecular Hbond substituents is 1. The zero-order chi connectivity index (χ0) is 13.6. The van der Waals surface area contributed by atoms with Crippen molar-refractivity contribution in [1.82, 2.24) is 14.8 Å². The number of nitrogens with zero attached hydrogens (tertiary/aromatic N) is 2. The minimum Gasteiger partial charge on any atom is -0.506 e. The van der Waals surface area contributed by atoms with Gasteiger partial charge in [0.05, 0.1) is 17.4 Å². The van der Waals surface area contributed by atoms with Gasteiger partial charge in [0.15, 0.2) is 0 Å². The van der Waals surface area contributed by atoms with Crippen molar-refractivity contribution in [3.8, 4) is 17.0 Å². The largest absolute Gasteiger partial charge is 0.506 e. The highest BCUT2D eigenvalue weighted by molar-refractivity contribution is 6.03. The Morgan fingerprint density at radius 2 is 2.21 bits per heavy atom. The first kappa shape index (κ1) is 11.3. The highest BCUT2D eigenvalue weighted by Crippen LogP contribution is 2.34. The number of aromatic amines is 1. The Hall–Kier alpha value is -2.76. The van der Waals surface area contributed by atoms with Gasteiger partial charge in [0.2, 0.25) is 0 Å². The Labute approximate surface area is 107 Å². The third-order valence-electron chi connectivity index (χ3n) is 3.12. The van der Waals surface area contributed by atoms with Crippen molar-refractivity contribution >= 4 is 16.9 Å². The summed E-state index contributed by atoms with van der Waals surface area (Å²) in [6.45, 7) is 0. The van der Waals surface area contributed by atoms with Crippen LogP contribution in [0.2, 0.25) is 0 Å². The minimum atomic E-state index is -1.03. The van der Waals surface area contributed by atoms with Gasteiger partial charge in [0.25, 0.3) is 0 Å². The Kier molecular flexibility index (Phi) is 2.31. The van der Waals surface area contributed by atoms with Gasteiger partial charge in [-0.15, -0.1) is 0 Å². The summed E-state index contributed by atoms with van der Waals surface area (Å²) >= 11 is 0. The van der Waals surface area contributed by atoms with Gasteiger partial charge in [-0.3, -0.25) is 4.68 Å². The number of hydrogen-bond donors (Lipinski definition) is 3. The van der Waals surface area contributed by atoms with Crippen LogP contribution in [0.15, 0.2) is 30.6 Å². The molecule has 3 aromatic rings. The molecule has 1 aromatic carbocycles. The maximum Gasteiger partial charge on any atom is 0.339 e. The van der Waals surface area contributed by atoms with Crippen LogP contribution in [0.25, 0.3) is 22.2 Å². The molecule has 96 valence electrons. The smallest absolute Gasteiger partial charge is 0.339 e. The standard InChI is InChI=1S/C13H11N3O3/c1-16-12(9(6-15-16)13(18)19)8-5-14-11-7(8)3-2-4-10(11)17/h2-6,14,17H,1H3,(H,18,19). The van der Waals surface area contributed by atoms with Gasteiger partial charge in [0, 0.05) is 24.2 Å². The second kappa shape index (κ2) is 3.88. The Morgan fingerprint density at radius 3 is 2.95 bits per heavy atom. The van der Waals surface area contributed by atoms with Crippen molar-refractivity contribution in [3.05, 3.63) is 36.2 Å². The fourth-order valence-corrected chi connectivity index (χ4v) is 2.25. The lowest BCUT2D eigenvalue weighted by Gasteiger charge is -2.03.